The van der Waals surface area contributed by atoms with Crippen molar-refractivity contribution in [3.8, 4) is 11.5 Å². The number of rotatable bonds is 5. The monoisotopic (exact) mass is 528 g/mol. The number of nitrogens with zero attached hydrogens (tertiary/aromatic N) is 1. The molecule has 2 heterocycles. The average Bonchev–Trinajstić information content (AvgIpc) is 2.82. The quantitative estimate of drug-likeness (QED) is 0.429. The molecule has 0 bridgehead atoms. The van der Waals surface area contributed by atoms with E-state index < -0.39 is 41.9 Å². The molecule has 3 atom stereocenters. The third-order valence-electron chi connectivity index (χ3n) is 6.88. The van der Waals surface area contributed by atoms with Gasteiger partial charge in [-0.25, -0.2) is 4.79 Å². The van der Waals surface area contributed by atoms with Gasteiger partial charge in [-0.05, 0) is 70.6 Å². The molecule has 1 amide bonds. The van der Waals surface area contributed by atoms with Crippen LogP contribution in [0.25, 0.3) is 10.9 Å². The van der Waals surface area contributed by atoms with Crippen LogP contribution >= 0.6 is 0 Å². The Morgan fingerprint density at radius 1 is 1.03 bits per heavy atom. The molecule has 1 aromatic heterocycles. The van der Waals surface area contributed by atoms with Gasteiger partial charge >= 0.3 is 18.0 Å². The first-order valence-electron chi connectivity index (χ1n) is 12.9. The first-order chi connectivity index (χ1) is 17.9. The minimum atomic E-state index is -0.963. The van der Waals surface area contributed by atoms with Crippen LogP contribution in [0.4, 0.5) is 4.79 Å². The fourth-order valence-corrected chi connectivity index (χ4v) is 5.40. The summed E-state index contributed by atoms with van der Waals surface area (Å²) >= 11 is 0. The zero-order chi connectivity index (χ0) is 27.6. The van der Waals surface area contributed by atoms with Gasteiger partial charge in [0.25, 0.3) is 6.29 Å². The Bertz CT molecular complexity index is 1200. The van der Waals surface area contributed by atoms with Crippen molar-refractivity contribution in [2.75, 3.05) is 7.11 Å². The lowest BCUT2D eigenvalue weighted by Gasteiger charge is -2.44. The number of aromatic nitrogens is 1. The number of benzene rings is 1. The molecule has 2 aromatic rings. The van der Waals surface area contributed by atoms with Gasteiger partial charge in [0, 0.05) is 30.8 Å². The highest BCUT2D eigenvalue weighted by atomic mass is 16.7. The maximum absolute atomic E-state index is 12.4. The Morgan fingerprint density at radius 2 is 1.71 bits per heavy atom. The number of hydrogen-bond acceptors (Lipinski definition) is 9. The Balaban J connectivity index is 1.66. The van der Waals surface area contributed by atoms with Gasteiger partial charge in [-0.1, -0.05) is 0 Å². The normalized spacial score (nSPS) is 24.9. The number of esters is 2. The molecule has 1 N–H and O–H groups in total. The maximum atomic E-state index is 12.4. The highest BCUT2D eigenvalue weighted by Crippen LogP contribution is 2.50. The number of carbonyl (C=O) groups excluding carboxylic acids is 3. The number of carbonyl (C=O) groups is 3. The van der Waals surface area contributed by atoms with E-state index in [4.69, 9.17) is 23.7 Å². The molecule has 4 rings (SSSR count). The summed E-state index contributed by atoms with van der Waals surface area (Å²) in [7, 11) is 1.58. The summed E-state index contributed by atoms with van der Waals surface area (Å²) < 4.78 is 28.6. The average molecular weight is 529 g/mol. The molecule has 1 aliphatic carbocycles. The summed E-state index contributed by atoms with van der Waals surface area (Å²) in [4.78, 5) is 41.2. The minimum Gasteiger partial charge on any atom is -0.497 e. The van der Waals surface area contributed by atoms with Crippen molar-refractivity contribution in [3.63, 3.8) is 0 Å². The molecular weight excluding hydrogens is 492 g/mol. The first kappa shape index (κ1) is 27.5. The van der Waals surface area contributed by atoms with Gasteiger partial charge in [0.1, 0.15) is 23.2 Å². The number of alkyl carbamates (subject to hydrolysis) is 1. The lowest BCUT2D eigenvalue weighted by molar-refractivity contribution is -0.196. The van der Waals surface area contributed by atoms with Crippen molar-refractivity contribution in [1.29, 1.82) is 0 Å². The van der Waals surface area contributed by atoms with Crippen LogP contribution in [-0.4, -0.2) is 48.1 Å². The summed E-state index contributed by atoms with van der Waals surface area (Å²) in [5, 5.41) is 3.69. The van der Waals surface area contributed by atoms with E-state index in [1.165, 1.54) is 13.8 Å². The fourth-order valence-electron chi connectivity index (χ4n) is 5.40. The van der Waals surface area contributed by atoms with Crippen LogP contribution in [0, 0.1) is 11.8 Å². The fraction of sp³-hybridized carbons (Fsp3) is 0.571. The van der Waals surface area contributed by atoms with Crippen LogP contribution < -0.4 is 14.8 Å². The second kappa shape index (κ2) is 11.0. The van der Waals surface area contributed by atoms with Crippen molar-refractivity contribution < 1.29 is 38.1 Å². The van der Waals surface area contributed by atoms with Gasteiger partial charge in [-0.3, -0.25) is 14.6 Å². The summed E-state index contributed by atoms with van der Waals surface area (Å²) in [5.41, 5.74) is 0.787. The predicted molar refractivity (Wildman–Crippen MR) is 138 cm³/mol. The van der Waals surface area contributed by atoms with Crippen molar-refractivity contribution in [3.05, 3.63) is 30.0 Å². The van der Waals surface area contributed by atoms with E-state index in [9.17, 15) is 14.4 Å². The molecule has 38 heavy (non-hydrogen) atoms. The van der Waals surface area contributed by atoms with Crippen LogP contribution in [-0.2, 0) is 23.8 Å². The van der Waals surface area contributed by atoms with E-state index in [1.54, 1.807) is 13.3 Å². The second-order valence-corrected chi connectivity index (χ2v) is 10.9. The number of hydrogen-bond donors (Lipinski definition) is 1. The molecule has 0 spiro atoms. The van der Waals surface area contributed by atoms with Gasteiger partial charge in [-0.2, -0.15) is 0 Å². The smallest absolute Gasteiger partial charge is 0.407 e. The summed E-state index contributed by atoms with van der Waals surface area (Å²) in [6.45, 7) is 8.15. The number of ether oxygens (including phenoxy) is 5. The Morgan fingerprint density at radius 3 is 2.32 bits per heavy atom. The second-order valence-electron chi connectivity index (χ2n) is 10.9. The number of methoxy groups -OCH3 is 1. The molecule has 1 unspecified atom stereocenters. The highest BCUT2D eigenvalue weighted by molar-refractivity contribution is 5.86. The largest absolute Gasteiger partial charge is 0.497 e. The number of nitrogens with one attached hydrogen (secondary N) is 1. The molecule has 10 heteroatoms. The maximum Gasteiger partial charge on any atom is 0.407 e. The van der Waals surface area contributed by atoms with E-state index in [2.05, 4.69) is 10.3 Å². The van der Waals surface area contributed by atoms with E-state index >= 15 is 0 Å². The lowest BCUT2D eigenvalue weighted by atomic mass is 9.73. The zero-order valence-corrected chi connectivity index (χ0v) is 22.7. The predicted octanol–water partition coefficient (Wildman–Crippen LogP) is 4.83. The Kier molecular flexibility index (Phi) is 7.99. The van der Waals surface area contributed by atoms with Crippen molar-refractivity contribution in [2.45, 2.75) is 84.3 Å². The zero-order valence-electron chi connectivity index (χ0n) is 22.7. The minimum absolute atomic E-state index is 0.0117. The van der Waals surface area contributed by atoms with E-state index in [-0.39, 0.29) is 12.0 Å². The Labute approximate surface area is 222 Å². The third kappa shape index (κ3) is 6.28. The standard InChI is InChI=1S/C28H36N2O8/c1-15(31)35-25-23(17-7-9-18(10-8-17)30-27(33)38-28(3,4)5)26(36-16(2)32)37-22-14-29-21-12-11-19(34-6)13-20(21)24(22)25/h11-14,17-18,23,25-26H,7-10H2,1-6H3,(H,30,33)/t17?,18?,23-,25-,26?/m1/s1. The van der Waals surface area contributed by atoms with Gasteiger partial charge in [-0.15, -0.1) is 0 Å². The number of amides is 1. The molecule has 0 saturated heterocycles. The molecular formula is C28H36N2O8. The summed E-state index contributed by atoms with van der Waals surface area (Å²) in [5.74, 6) is -0.415. The SMILES string of the molecule is COc1ccc2ncc3c(c2c1)[C@H](OC(C)=O)[C@@H](C1CCC(NC(=O)OC(C)(C)C)CC1)C(OC(C)=O)O3. The summed E-state index contributed by atoms with van der Waals surface area (Å²) in [6.07, 6.45) is 2.20. The van der Waals surface area contributed by atoms with Crippen LogP contribution in [0.1, 0.15) is 72.0 Å². The lowest BCUT2D eigenvalue weighted by Crippen LogP contribution is -2.47. The van der Waals surface area contributed by atoms with E-state index in [0.29, 0.717) is 48.3 Å². The van der Waals surface area contributed by atoms with Crippen molar-refractivity contribution >= 4 is 28.9 Å². The van der Waals surface area contributed by atoms with Crippen LogP contribution in [0.5, 0.6) is 11.5 Å². The molecule has 1 fully saturated rings. The molecule has 206 valence electrons. The van der Waals surface area contributed by atoms with Gasteiger partial charge in [0.2, 0.25) is 0 Å². The molecule has 1 aliphatic heterocycles. The molecule has 0 radical (unpaired) electrons. The van der Waals surface area contributed by atoms with Crippen molar-refractivity contribution in [1.82, 2.24) is 10.3 Å². The topological polar surface area (TPSA) is 122 Å². The van der Waals surface area contributed by atoms with E-state index in [0.717, 1.165) is 5.39 Å². The van der Waals surface area contributed by atoms with Gasteiger partial charge in [0.05, 0.1) is 24.7 Å². The van der Waals surface area contributed by atoms with Crippen molar-refractivity contribution in [2.24, 2.45) is 11.8 Å². The molecule has 1 saturated carbocycles. The van der Waals surface area contributed by atoms with E-state index in [1.807, 2.05) is 39.0 Å². The number of fused-ring (bicyclic) bond motifs is 3. The van der Waals surface area contributed by atoms with Crippen LogP contribution in [0.2, 0.25) is 0 Å². The van der Waals surface area contributed by atoms with Crippen LogP contribution in [0.3, 0.4) is 0 Å². The van der Waals surface area contributed by atoms with Gasteiger partial charge in [0.15, 0.2) is 0 Å². The summed E-state index contributed by atoms with van der Waals surface area (Å²) in [6, 6.07) is 5.43. The molecule has 2 aliphatic rings. The van der Waals surface area contributed by atoms with Gasteiger partial charge < -0.3 is 29.0 Å². The Hall–Kier alpha value is -3.56. The first-order valence-corrected chi connectivity index (χ1v) is 12.9. The molecule has 10 nitrogen and oxygen atoms in total. The highest BCUT2D eigenvalue weighted by Gasteiger charge is 2.48. The van der Waals surface area contributed by atoms with Crippen LogP contribution in [0.15, 0.2) is 24.4 Å². The third-order valence-corrected chi connectivity index (χ3v) is 6.88. The molecule has 1 aromatic carbocycles. The number of pyridine rings is 1.